The average Bonchev–Trinajstić information content (AvgIpc) is 2.56. The number of nitrogens with one attached hydrogen (secondary N) is 1. The van der Waals surface area contributed by atoms with Gasteiger partial charge in [-0.2, -0.15) is 0 Å². The molecule has 114 valence electrons. The van der Waals surface area contributed by atoms with E-state index in [9.17, 15) is 0 Å². The fourth-order valence-corrected chi connectivity index (χ4v) is 5.77. The number of thioether (sulfide) groups is 1. The average molecular weight is 302 g/mol. The summed E-state index contributed by atoms with van der Waals surface area (Å²) < 4.78 is 0. The van der Waals surface area contributed by atoms with Crippen LogP contribution in [0.1, 0.15) is 50.1 Å². The van der Waals surface area contributed by atoms with Gasteiger partial charge in [0, 0.05) is 36.1 Å². The Kier molecular flexibility index (Phi) is 3.99. The molecule has 1 spiro atoms. The summed E-state index contributed by atoms with van der Waals surface area (Å²) >= 11 is 2.05. The van der Waals surface area contributed by atoms with Crippen molar-refractivity contribution in [1.29, 1.82) is 0 Å². The van der Waals surface area contributed by atoms with Crippen molar-refractivity contribution in [3.63, 3.8) is 0 Å². The first-order valence-corrected chi connectivity index (χ1v) is 9.57. The molecule has 4 rings (SSSR count). The Hall–Kier alpha value is -0.510. The molecular weight excluding hydrogens is 276 g/mol. The molecule has 2 nitrogen and oxygen atoms in total. The molecule has 0 radical (unpaired) electrons. The summed E-state index contributed by atoms with van der Waals surface area (Å²) in [5.74, 6) is 1.28. The van der Waals surface area contributed by atoms with E-state index in [1.165, 1.54) is 62.3 Å². The molecule has 1 N–H and O–H groups in total. The molecule has 3 heteroatoms. The number of piperazine rings is 1. The number of fused-ring (bicyclic) bond motifs is 1. The lowest BCUT2D eigenvalue weighted by atomic mass is 9.77. The molecule has 1 saturated carbocycles. The Morgan fingerprint density at radius 2 is 2.00 bits per heavy atom. The summed E-state index contributed by atoms with van der Waals surface area (Å²) in [6.07, 6.45) is 8.39. The first kappa shape index (κ1) is 14.1. The summed E-state index contributed by atoms with van der Waals surface area (Å²) in [5.41, 5.74) is 2.04. The van der Waals surface area contributed by atoms with Crippen molar-refractivity contribution >= 4 is 11.8 Å². The molecule has 0 bridgehead atoms. The lowest BCUT2D eigenvalue weighted by molar-refractivity contribution is -0.0107. The second kappa shape index (κ2) is 5.94. The number of benzene rings is 1. The van der Waals surface area contributed by atoms with Crippen molar-refractivity contribution in [2.75, 3.05) is 25.4 Å². The smallest absolute Gasteiger partial charge is 0.0373 e. The highest BCUT2D eigenvalue weighted by Crippen LogP contribution is 2.45. The Labute approximate surface area is 132 Å². The van der Waals surface area contributed by atoms with E-state index < -0.39 is 0 Å². The van der Waals surface area contributed by atoms with Gasteiger partial charge in [0.2, 0.25) is 0 Å². The van der Waals surface area contributed by atoms with Crippen molar-refractivity contribution in [2.24, 2.45) is 0 Å². The number of hydrogen-bond donors (Lipinski definition) is 1. The monoisotopic (exact) mass is 302 g/mol. The van der Waals surface area contributed by atoms with Crippen molar-refractivity contribution in [3.05, 3.63) is 29.8 Å². The van der Waals surface area contributed by atoms with Crippen molar-refractivity contribution in [2.45, 2.75) is 55.0 Å². The molecule has 1 atom stereocenters. The number of hydrogen-bond acceptors (Lipinski definition) is 3. The van der Waals surface area contributed by atoms with Crippen LogP contribution in [-0.4, -0.2) is 35.8 Å². The normalized spacial score (nSPS) is 29.2. The maximum Gasteiger partial charge on any atom is 0.0373 e. The van der Waals surface area contributed by atoms with Gasteiger partial charge < -0.3 is 5.32 Å². The van der Waals surface area contributed by atoms with E-state index in [0.29, 0.717) is 11.6 Å². The lowest BCUT2D eigenvalue weighted by Crippen LogP contribution is -2.62. The summed E-state index contributed by atoms with van der Waals surface area (Å²) in [4.78, 5) is 4.43. The van der Waals surface area contributed by atoms with E-state index >= 15 is 0 Å². The van der Waals surface area contributed by atoms with Crippen LogP contribution in [0.3, 0.4) is 0 Å². The molecule has 1 aromatic rings. The van der Waals surface area contributed by atoms with Gasteiger partial charge in [0.05, 0.1) is 0 Å². The van der Waals surface area contributed by atoms with Gasteiger partial charge in [-0.1, -0.05) is 37.5 Å². The van der Waals surface area contributed by atoms with Gasteiger partial charge in [0.1, 0.15) is 0 Å². The minimum absolute atomic E-state index is 0.441. The van der Waals surface area contributed by atoms with Crippen LogP contribution in [0.2, 0.25) is 0 Å². The molecule has 2 aliphatic heterocycles. The van der Waals surface area contributed by atoms with Gasteiger partial charge in [-0.3, -0.25) is 4.90 Å². The van der Waals surface area contributed by atoms with Crippen LogP contribution in [0.5, 0.6) is 0 Å². The Morgan fingerprint density at radius 1 is 1.14 bits per heavy atom. The molecule has 21 heavy (non-hydrogen) atoms. The third-order valence-electron chi connectivity index (χ3n) is 5.68. The van der Waals surface area contributed by atoms with E-state index in [4.69, 9.17) is 0 Å². The first-order chi connectivity index (χ1) is 10.4. The minimum Gasteiger partial charge on any atom is -0.314 e. The van der Waals surface area contributed by atoms with E-state index in [-0.39, 0.29) is 0 Å². The van der Waals surface area contributed by atoms with Crippen molar-refractivity contribution in [3.8, 4) is 0 Å². The van der Waals surface area contributed by atoms with Crippen LogP contribution >= 0.6 is 11.8 Å². The van der Waals surface area contributed by atoms with Gasteiger partial charge in [0.25, 0.3) is 0 Å². The second-order valence-corrected chi connectivity index (χ2v) is 7.98. The quantitative estimate of drug-likeness (QED) is 0.849. The standard InChI is InChI=1S/C18H26N2S/c1-4-9-18(10-5-1)14-19-11-12-20(18)16-8-13-21-17-7-3-2-6-15(16)17/h2-3,6-7,16,19H,1,4-5,8-14H2. The largest absolute Gasteiger partial charge is 0.314 e. The molecule has 1 unspecified atom stereocenters. The summed E-state index contributed by atoms with van der Waals surface area (Å²) in [6, 6.07) is 9.78. The van der Waals surface area contributed by atoms with Crippen LogP contribution in [0, 0.1) is 0 Å². The van der Waals surface area contributed by atoms with Crippen molar-refractivity contribution in [1.82, 2.24) is 10.2 Å². The topological polar surface area (TPSA) is 15.3 Å². The van der Waals surface area contributed by atoms with E-state index in [1.807, 2.05) is 11.8 Å². The van der Waals surface area contributed by atoms with Gasteiger partial charge in [-0.15, -0.1) is 11.8 Å². The Bertz CT molecular complexity index is 487. The van der Waals surface area contributed by atoms with E-state index in [0.717, 1.165) is 6.54 Å². The highest BCUT2D eigenvalue weighted by Gasteiger charge is 2.43. The van der Waals surface area contributed by atoms with Gasteiger partial charge in [-0.25, -0.2) is 0 Å². The zero-order valence-electron chi connectivity index (χ0n) is 12.8. The molecule has 2 heterocycles. The third kappa shape index (κ3) is 2.54. The summed E-state index contributed by atoms with van der Waals surface area (Å²) in [6.45, 7) is 3.59. The highest BCUT2D eigenvalue weighted by molar-refractivity contribution is 7.99. The summed E-state index contributed by atoms with van der Waals surface area (Å²) in [5, 5.41) is 3.69. The van der Waals surface area contributed by atoms with E-state index in [1.54, 1.807) is 5.56 Å². The van der Waals surface area contributed by atoms with Crippen LogP contribution in [0.15, 0.2) is 29.2 Å². The number of rotatable bonds is 1. The predicted octanol–water partition coefficient (Wildman–Crippen LogP) is 3.83. The maximum absolute atomic E-state index is 3.69. The Morgan fingerprint density at radius 3 is 2.90 bits per heavy atom. The van der Waals surface area contributed by atoms with Gasteiger partial charge in [-0.05, 0) is 36.6 Å². The molecule has 0 amide bonds. The molecule has 1 aliphatic carbocycles. The zero-order valence-corrected chi connectivity index (χ0v) is 13.6. The SMILES string of the molecule is c1ccc2c(c1)SCCC2N1CCNCC12CCCCC2. The summed E-state index contributed by atoms with van der Waals surface area (Å²) in [7, 11) is 0. The highest BCUT2D eigenvalue weighted by atomic mass is 32.2. The first-order valence-electron chi connectivity index (χ1n) is 8.58. The number of nitrogens with zero attached hydrogens (tertiary/aromatic N) is 1. The fraction of sp³-hybridized carbons (Fsp3) is 0.667. The van der Waals surface area contributed by atoms with Crippen LogP contribution in [0.4, 0.5) is 0 Å². The van der Waals surface area contributed by atoms with Gasteiger partial charge in [0.15, 0.2) is 0 Å². The molecule has 1 saturated heterocycles. The van der Waals surface area contributed by atoms with Crippen LogP contribution in [-0.2, 0) is 0 Å². The minimum atomic E-state index is 0.441. The maximum atomic E-state index is 3.69. The molecule has 3 aliphatic rings. The second-order valence-electron chi connectivity index (χ2n) is 6.85. The van der Waals surface area contributed by atoms with E-state index in [2.05, 4.69) is 34.5 Å². The lowest BCUT2D eigenvalue weighted by Gasteiger charge is -2.54. The van der Waals surface area contributed by atoms with Gasteiger partial charge >= 0.3 is 0 Å². The Balaban J connectivity index is 1.68. The van der Waals surface area contributed by atoms with Crippen LogP contribution in [0.25, 0.3) is 0 Å². The zero-order chi connectivity index (χ0) is 14.1. The van der Waals surface area contributed by atoms with Crippen molar-refractivity contribution < 1.29 is 0 Å². The molecule has 2 fully saturated rings. The predicted molar refractivity (Wildman–Crippen MR) is 89.9 cm³/mol. The third-order valence-corrected chi connectivity index (χ3v) is 6.80. The molecule has 0 aromatic heterocycles. The fourth-order valence-electron chi connectivity index (χ4n) is 4.67. The van der Waals surface area contributed by atoms with Crippen LogP contribution < -0.4 is 5.32 Å². The molecular formula is C18H26N2S. The molecule has 1 aromatic carbocycles.